The summed E-state index contributed by atoms with van der Waals surface area (Å²) >= 11 is 3.54. The number of hydrogen-bond acceptors (Lipinski definition) is 5. The molecule has 1 aliphatic carbocycles. The Labute approximate surface area is 172 Å². The molecule has 1 aliphatic heterocycles. The van der Waals surface area contributed by atoms with E-state index in [1.54, 1.807) is 25.2 Å². The van der Waals surface area contributed by atoms with Crippen molar-refractivity contribution in [3.63, 3.8) is 0 Å². The Morgan fingerprint density at radius 3 is 2.50 bits per heavy atom. The second-order valence-electron chi connectivity index (χ2n) is 7.39. The number of fused-ring (bicyclic) bond motifs is 1. The van der Waals surface area contributed by atoms with E-state index in [9.17, 15) is 14.9 Å². The zero-order valence-electron chi connectivity index (χ0n) is 16.1. The van der Waals surface area contributed by atoms with Crippen LogP contribution in [0.25, 0.3) is 15.5 Å². The van der Waals surface area contributed by atoms with Crippen molar-refractivity contribution in [1.29, 1.82) is 5.26 Å². The Morgan fingerprint density at radius 2 is 1.86 bits per heavy atom. The summed E-state index contributed by atoms with van der Waals surface area (Å²) in [6.45, 7) is 3.69. The van der Waals surface area contributed by atoms with Gasteiger partial charge < -0.3 is 0 Å². The highest BCUT2D eigenvalue weighted by molar-refractivity contribution is 7.28. The number of likely N-dealkylation sites (N-methyl/N-ethyl adjacent to an activating group) is 1. The lowest BCUT2D eigenvalue weighted by Crippen LogP contribution is -2.42. The van der Waals surface area contributed by atoms with Crippen LogP contribution >= 0.6 is 22.7 Å². The van der Waals surface area contributed by atoms with E-state index >= 15 is 0 Å². The highest BCUT2D eigenvalue weighted by Gasteiger charge is 2.34. The fraction of sp³-hybridized carbons (Fsp3) is 0.409. The summed E-state index contributed by atoms with van der Waals surface area (Å²) < 4.78 is 2.51. The molecule has 0 N–H and O–H groups in total. The highest BCUT2D eigenvalue weighted by Crippen LogP contribution is 2.42. The molecule has 28 heavy (non-hydrogen) atoms. The lowest BCUT2D eigenvalue weighted by molar-refractivity contribution is -0.140. The quantitative estimate of drug-likeness (QED) is 0.487. The number of carbonyl (C=O) groups is 2. The van der Waals surface area contributed by atoms with Crippen LogP contribution in [0.5, 0.6) is 0 Å². The van der Waals surface area contributed by atoms with Gasteiger partial charge in [-0.2, -0.15) is 5.26 Å². The first-order valence-corrected chi connectivity index (χ1v) is 11.4. The molecule has 2 aromatic rings. The van der Waals surface area contributed by atoms with Crippen molar-refractivity contribution in [2.45, 2.75) is 51.9 Å². The molecule has 4 nitrogen and oxygen atoms in total. The molecule has 0 unspecified atom stereocenters. The Morgan fingerprint density at radius 1 is 1.14 bits per heavy atom. The molecular formula is C22H22N2O2S2. The maximum absolute atomic E-state index is 12.8. The van der Waals surface area contributed by atoms with Crippen LogP contribution in [-0.2, 0) is 9.59 Å². The summed E-state index contributed by atoms with van der Waals surface area (Å²) in [5.74, 6) is -0.106. The van der Waals surface area contributed by atoms with E-state index in [1.165, 1.54) is 46.4 Å². The summed E-state index contributed by atoms with van der Waals surface area (Å²) in [4.78, 5) is 28.7. The zero-order chi connectivity index (χ0) is 19.8. The van der Waals surface area contributed by atoms with Gasteiger partial charge in [0.05, 0.1) is 0 Å². The zero-order valence-corrected chi connectivity index (χ0v) is 17.7. The molecule has 0 radical (unpaired) electrons. The number of rotatable bonds is 3. The van der Waals surface area contributed by atoms with E-state index in [4.69, 9.17) is 0 Å². The van der Waals surface area contributed by atoms with E-state index in [0.717, 1.165) is 9.78 Å². The van der Waals surface area contributed by atoms with Gasteiger partial charge in [0.1, 0.15) is 11.6 Å². The van der Waals surface area contributed by atoms with E-state index in [-0.39, 0.29) is 18.0 Å². The summed E-state index contributed by atoms with van der Waals surface area (Å²) in [5.41, 5.74) is 0.979. The highest BCUT2D eigenvalue weighted by atomic mass is 32.1. The van der Waals surface area contributed by atoms with Gasteiger partial charge in [-0.15, -0.1) is 22.7 Å². The molecule has 0 atom stereocenters. The minimum absolute atomic E-state index is 0.0608. The summed E-state index contributed by atoms with van der Waals surface area (Å²) in [6, 6.07) is 6.41. The maximum atomic E-state index is 12.8. The Bertz CT molecular complexity index is 1030. The van der Waals surface area contributed by atoms with Crippen molar-refractivity contribution < 1.29 is 9.59 Å². The number of hydrogen-bond donors (Lipinski definition) is 0. The number of nitriles is 1. The van der Waals surface area contributed by atoms with Crippen LogP contribution in [0.1, 0.15) is 61.6 Å². The molecule has 0 aromatic carbocycles. The van der Waals surface area contributed by atoms with Gasteiger partial charge >= 0.3 is 0 Å². The molecule has 0 saturated heterocycles. The van der Waals surface area contributed by atoms with Crippen molar-refractivity contribution >= 4 is 50.0 Å². The topological polar surface area (TPSA) is 61.2 Å². The van der Waals surface area contributed by atoms with E-state index in [1.807, 2.05) is 23.5 Å². The van der Waals surface area contributed by atoms with Gasteiger partial charge in [-0.1, -0.05) is 19.3 Å². The normalized spacial score (nSPS) is 20.5. The molecule has 2 amide bonds. The lowest BCUT2D eigenvalue weighted by Gasteiger charge is -2.26. The summed E-state index contributed by atoms with van der Waals surface area (Å²) in [7, 11) is 0. The predicted octanol–water partition coefficient (Wildman–Crippen LogP) is 5.62. The van der Waals surface area contributed by atoms with Crippen molar-refractivity contribution in [2.24, 2.45) is 0 Å². The third kappa shape index (κ3) is 3.23. The van der Waals surface area contributed by atoms with Crippen molar-refractivity contribution in [1.82, 2.24) is 4.90 Å². The van der Waals surface area contributed by atoms with Gasteiger partial charge in [-0.3, -0.25) is 14.5 Å². The molecule has 1 saturated carbocycles. The molecule has 0 bridgehead atoms. The predicted molar refractivity (Wildman–Crippen MR) is 114 cm³/mol. The van der Waals surface area contributed by atoms with Crippen LogP contribution in [0.4, 0.5) is 0 Å². The van der Waals surface area contributed by atoms with Gasteiger partial charge in [0.25, 0.3) is 11.8 Å². The van der Waals surface area contributed by atoms with Crippen molar-refractivity contribution in [2.75, 3.05) is 6.54 Å². The standard InChI is InChI=1S/C22H22N2O2S2/c1-3-24-21(25)16(13(2)17(12-23)22(24)26)9-15-10-19-20(27-15)11-18(28-19)14-7-5-4-6-8-14/h9-11,14H,3-8H2,1-2H3/b16-9-. The first-order chi connectivity index (χ1) is 13.5. The van der Waals surface area contributed by atoms with Gasteiger partial charge in [0.2, 0.25) is 0 Å². The van der Waals surface area contributed by atoms with Gasteiger partial charge in [-0.25, -0.2) is 0 Å². The average molecular weight is 411 g/mol. The number of carbonyl (C=O) groups excluding carboxylic acids is 2. The fourth-order valence-corrected chi connectivity index (χ4v) is 6.62. The van der Waals surface area contributed by atoms with Crippen LogP contribution in [-0.4, -0.2) is 23.3 Å². The maximum Gasteiger partial charge on any atom is 0.271 e. The number of amides is 2. The average Bonchev–Trinajstić information content (AvgIpc) is 3.25. The molecule has 4 rings (SSSR count). The molecule has 0 spiro atoms. The van der Waals surface area contributed by atoms with E-state index in [0.29, 0.717) is 17.1 Å². The smallest absolute Gasteiger partial charge is 0.271 e. The van der Waals surface area contributed by atoms with Crippen molar-refractivity contribution in [3.05, 3.63) is 38.6 Å². The first kappa shape index (κ1) is 19.1. The van der Waals surface area contributed by atoms with Gasteiger partial charge in [0, 0.05) is 31.3 Å². The van der Waals surface area contributed by atoms with E-state index in [2.05, 4.69) is 12.1 Å². The first-order valence-electron chi connectivity index (χ1n) is 9.76. The minimum atomic E-state index is -0.492. The van der Waals surface area contributed by atoms with Crippen LogP contribution in [0.2, 0.25) is 0 Å². The van der Waals surface area contributed by atoms with Crippen molar-refractivity contribution in [3.8, 4) is 6.07 Å². The summed E-state index contributed by atoms with van der Waals surface area (Å²) in [5, 5.41) is 9.36. The molecule has 144 valence electrons. The number of imide groups is 1. The minimum Gasteiger partial charge on any atom is -0.274 e. The molecule has 2 aromatic heterocycles. The van der Waals surface area contributed by atoms with Crippen LogP contribution in [0.15, 0.2) is 28.9 Å². The number of nitrogens with zero attached hydrogens (tertiary/aromatic N) is 2. The fourth-order valence-electron chi connectivity index (χ4n) is 4.09. The number of thiophene rings is 2. The second kappa shape index (κ2) is 7.65. The van der Waals surface area contributed by atoms with Gasteiger partial charge in [0.15, 0.2) is 0 Å². The summed E-state index contributed by atoms with van der Waals surface area (Å²) in [6.07, 6.45) is 8.44. The Kier molecular flexibility index (Phi) is 5.22. The molecular weight excluding hydrogens is 388 g/mol. The largest absolute Gasteiger partial charge is 0.274 e. The van der Waals surface area contributed by atoms with Crippen LogP contribution in [0, 0.1) is 11.3 Å². The third-order valence-corrected chi connectivity index (χ3v) is 8.08. The monoisotopic (exact) mass is 410 g/mol. The van der Waals surface area contributed by atoms with E-state index < -0.39 is 5.91 Å². The SMILES string of the molecule is CCN1C(=O)C(C#N)=C(C)/C(=C/c2cc3sc(C4CCCCC4)cc3s2)C1=O. The van der Waals surface area contributed by atoms with Crippen LogP contribution < -0.4 is 0 Å². The molecule has 3 heterocycles. The third-order valence-electron chi connectivity index (χ3n) is 5.68. The molecule has 2 aliphatic rings. The molecule has 6 heteroatoms. The second-order valence-corrected chi connectivity index (χ2v) is 9.62. The van der Waals surface area contributed by atoms with Gasteiger partial charge in [-0.05, 0) is 56.4 Å². The Hall–Kier alpha value is -2.23. The lowest BCUT2D eigenvalue weighted by atomic mass is 9.88. The Balaban J connectivity index is 1.69. The molecule has 1 fully saturated rings. The van der Waals surface area contributed by atoms with Crippen LogP contribution in [0.3, 0.4) is 0 Å².